The van der Waals surface area contributed by atoms with Gasteiger partial charge in [0.2, 0.25) is 0 Å². The van der Waals surface area contributed by atoms with Crippen LogP contribution in [-0.2, 0) is 4.74 Å². The lowest BCUT2D eigenvalue weighted by molar-refractivity contribution is 0.0204. The average Bonchev–Trinajstić information content (AvgIpc) is 2.81. The minimum absolute atomic E-state index is 0.0707. The average molecular weight is 317 g/mol. The van der Waals surface area contributed by atoms with E-state index in [1.807, 2.05) is 20.8 Å². The molecule has 18 heavy (non-hydrogen) atoms. The summed E-state index contributed by atoms with van der Waals surface area (Å²) in [4.78, 5) is 13.8. The molecule has 1 saturated heterocycles. The van der Waals surface area contributed by atoms with Crippen LogP contribution in [0.4, 0.5) is 4.79 Å². The van der Waals surface area contributed by atoms with E-state index in [9.17, 15) is 4.79 Å². The number of aromatic nitrogens is 1. The molecule has 5 nitrogen and oxygen atoms in total. The maximum Gasteiger partial charge on any atom is 0.410 e. The van der Waals surface area contributed by atoms with Crippen LogP contribution >= 0.6 is 15.9 Å². The Morgan fingerprint density at radius 3 is 2.89 bits per heavy atom. The van der Waals surface area contributed by atoms with Crippen LogP contribution in [0, 0.1) is 0 Å². The second-order valence-corrected chi connectivity index (χ2v) is 6.20. The molecule has 0 radical (unpaired) electrons. The van der Waals surface area contributed by atoms with Crippen molar-refractivity contribution in [3.05, 3.63) is 16.4 Å². The smallest absolute Gasteiger partial charge is 0.410 e. The first-order chi connectivity index (χ1) is 8.37. The zero-order chi connectivity index (χ0) is 13.3. The lowest BCUT2D eigenvalue weighted by atomic mass is 10.2. The standard InChI is InChI=1S/C12H17BrN2O3/c1-12(2,3)17-11(16)15-6-4-5-8(15)9-7-10(13)14-18-9/h7-8H,4-6H2,1-3H3/t8-/m0/s1. The van der Waals surface area contributed by atoms with Gasteiger partial charge in [0, 0.05) is 12.6 Å². The topological polar surface area (TPSA) is 55.6 Å². The molecule has 1 fully saturated rings. The van der Waals surface area contributed by atoms with Gasteiger partial charge in [-0.1, -0.05) is 5.16 Å². The maximum atomic E-state index is 12.1. The number of hydrogen-bond acceptors (Lipinski definition) is 4. The van der Waals surface area contributed by atoms with Crippen LogP contribution in [-0.4, -0.2) is 28.3 Å². The maximum absolute atomic E-state index is 12.1. The first kappa shape index (κ1) is 13.4. The van der Waals surface area contributed by atoms with Crippen molar-refractivity contribution in [1.29, 1.82) is 0 Å². The molecule has 1 aromatic heterocycles. The molecule has 0 N–H and O–H groups in total. The number of carbonyl (C=O) groups excluding carboxylic acids is 1. The minimum Gasteiger partial charge on any atom is -0.444 e. The summed E-state index contributed by atoms with van der Waals surface area (Å²) in [7, 11) is 0. The fraction of sp³-hybridized carbons (Fsp3) is 0.667. The molecule has 1 aliphatic heterocycles. The summed E-state index contributed by atoms with van der Waals surface area (Å²) < 4.78 is 11.3. The zero-order valence-electron chi connectivity index (χ0n) is 10.8. The van der Waals surface area contributed by atoms with Gasteiger partial charge in [-0.3, -0.25) is 4.90 Å². The first-order valence-corrected chi connectivity index (χ1v) is 6.78. The number of rotatable bonds is 1. The highest BCUT2D eigenvalue weighted by molar-refractivity contribution is 9.10. The van der Waals surface area contributed by atoms with E-state index in [2.05, 4.69) is 21.1 Å². The molecule has 0 unspecified atom stereocenters. The summed E-state index contributed by atoms with van der Waals surface area (Å²) in [6.07, 6.45) is 1.53. The number of halogens is 1. The quantitative estimate of drug-likeness (QED) is 0.795. The van der Waals surface area contributed by atoms with Crippen molar-refractivity contribution < 1.29 is 14.1 Å². The molecule has 100 valence electrons. The van der Waals surface area contributed by atoms with Crippen LogP contribution < -0.4 is 0 Å². The second-order valence-electron chi connectivity index (χ2n) is 5.38. The van der Waals surface area contributed by atoms with Gasteiger partial charge in [0.15, 0.2) is 5.76 Å². The molecule has 2 rings (SSSR count). The summed E-state index contributed by atoms with van der Waals surface area (Å²) in [5.74, 6) is 0.699. The van der Waals surface area contributed by atoms with Gasteiger partial charge in [-0.2, -0.15) is 0 Å². The van der Waals surface area contributed by atoms with Crippen molar-refractivity contribution in [3.8, 4) is 0 Å². The monoisotopic (exact) mass is 316 g/mol. The third-order valence-corrected chi connectivity index (χ3v) is 3.08. The highest BCUT2D eigenvalue weighted by Gasteiger charge is 2.35. The number of nitrogens with zero attached hydrogens (tertiary/aromatic N) is 2. The van der Waals surface area contributed by atoms with E-state index in [4.69, 9.17) is 9.26 Å². The zero-order valence-corrected chi connectivity index (χ0v) is 12.4. The van der Waals surface area contributed by atoms with Crippen LogP contribution in [0.15, 0.2) is 15.2 Å². The van der Waals surface area contributed by atoms with Crippen LogP contribution in [0.2, 0.25) is 0 Å². The van der Waals surface area contributed by atoms with Gasteiger partial charge in [0.25, 0.3) is 0 Å². The van der Waals surface area contributed by atoms with Crippen molar-refractivity contribution in [2.45, 2.75) is 45.3 Å². The van der Waals surface area contributed by atoms with Gasteiger partial charge in [0.05, 0.1) is 6.04 Å². The third kappa shape index (κ3) is 3.04. The number of hydrogen-bond donors (Lipinski definition) is 0. The molecule has 0 bridgehead atoms. The number of ether oxygens (including phenoxy) is 1. The number of amides is 1. The Balaban J connectivity index is 2.10. The third-order valence-electron chi connectivity index (χ3n) is 2.71. The molecule has 0 spiro atoms. The SMILES string of the molecule is CC(C)(C)OC(=O)N1CCC[C@H]1c1cc(Br)no1. The lowest BCUT2D eigenvalue weighted by Gasteiger charge is -2.27. The van der Waals surface area contributed by atoms with E-state index in [0.717, 1.165) is 12.8 Å². The Morgan fingerprint density at radius 1 is 1.61 bits per heavy atom. The summed E-state index contributed by atoms with van der Waals surface area (Å²) in [6.45, 7) is 6.28. The Labute approximate surface area is 115 Å². The van der Waals surface area contributed by atoms with Gasteiger partial charge in [0.1, 0.15) is 10.2 Å². The largest absolute Gasteiger partial charge is 0.444 e. The van der Waals surface area contributed by atoms with Crippen LogP contribution in [0.3, 0.4) is 0 Å². The van der Waals surface area contributed by atoms with Gasteiger partial charge < -0.3 is 9.26 Å². The Kier molecular flexibility index (Phi) is 3.66. The molecule has 1 amide bonds. The van der Waals surface area contributed by atoms with Gasteiger partial charge in [-0.05, 0) is 49.5 Å². The molecule has 1 atom stereocenters. The van der Waals surface area contributed by atoms with Gasteiger partial charge in [-0.15, -0.1) is 0 Å². The van der Waals surface area contributed by atoms with E-state index < -0.39 is 5.60 Å². The van der Waals surface area contributed by atoms with Crippen LogP contribution in [0.5, 0.6) is 0 Å². The fourth-order valence-corrected chi connectivity index (χ4v) is 2.32. The van der Waals surface area contributed by atoms with E-state index in [-0.39, 0.29) is 12.1 Å². The molecule has 0 saturated carbocycles. The highest BCUT2D eigenvalue weighted by atomic mass is 79.9. The van der Waals surface area contributed by atoms with Gasteiger partial charge in [-0.25, -0.2) is 4.79 Å². The van der Waals surface area contributed by atoms with Crippen molar-refractivity contribution >= 4 is 22.0 Å². The van der Waals surface area contributed by atoms with Crippen LogP contribution in [0.25, 0.3) is 0 Å². The van der Waals surface area contributed by atoms with Crippen molar-refractivity contribution in [2.24, 2.45) is 0 Å². The minimum atomic E-state index is -0.480. The summed E-state index contributed by atoms with van der Waals surface area (Å²) in [5.41, 5.74) is -0.480. The molecule has 6 heteroatoms. The summed E-state index contributed by atoms with van der Waals surface area (Å²) in [6, 6.07) is 1.73. The van der Waals surface area contributed by atoms with E-state index in [1.54, 1.807) is 11.0 Å². The Hall–Kier alpha value is -1.04. The fourth-order valence-electron chi connectivity index (χ4n) is 2.03. The Bertz CT molecular complexity index is 439. The van der Waals surface area contributed by atoms with Gasteiger partial charge >= 0.3 is 6.09 Å². The molecule has 1 aliphatic rings. The van der Waals surface area contributed by atoms with E-state index in [0.29, 0.717) is 16.9 Å². The molecular weight excluding hydrogens is 300 g/mol. The summed E-state index contributed by atoms with van der Waals surface area (Å²) in [5, 5.41) is 3.79. The first-order valence-electron chi connectivity index (χ1n) is 5.98. The normalized spacial score (nSPS) is 20.2. The lowest BCUT2D eigenvalue weighted by Crippen LogP contribution is -2.36. The van der Waals surface area contributed by atoms with E-state index >= 15 is 0 Å². The molecule has 0 aromatic carbocycles. The van der Waals surface area contributed by atoms with Crippen molar-refractivity contribution in [1.82, 2.24) is 10.1 Å². The molecular formula is C12H17BrN2O3. The Morgan fingerprint density at radius 2 is 2.33 bits per heavy atom. The number of likely N-dealkylation sites (tertiary alicyclic amines) is 1. The van der Waals surface area contributed by atoms with Crippen molar-refractivity contribution in [2.75, 3.05) is 6.54 Å². The predicted octanol–water partition coefficient (Wildman–Crippen LogP) is 3.51. The molecule has 2 heterocycles. The molecule has 1 aromatic rings. The predicted molar refractivity (Wildman–Crippen MR) is 69.1 cm³/mol. The second kappa shape index (κ2) is 4.91. The highest BCUT2D eigenvalue weighted by Crippen LogP contribution is 2.34. The summed E-state index contributed by atoms with van der Waals surface area (Å²) >= 11 is 3.25. The van der Waals surface area contributed by atoms with E-state index in [1.165, 1.54) is 0 Å². The number of carbonyl (C=O) groups is 1. The van der Waals surface area contributed by atoms with Crippen LogP contribution in [0.1, 0.15) is 45.4 Å². The molecule has 0 aliphatic carbocycles. The van der Waals surface area contributed by atoms with Crippen molar-refractivity contribution in [3.63, 3.8) is 0 Å².